The van der Waals surface area contributed by atoms with Crippen molar-refractivity contribution in [3.05, 3.63) is 101 Å². The van der Waals surface area contributed by atoms with Gasteiger partial charge in [0.25, 0.3) is 0 Å². The Morgan fingerprint density at radius 1 is 1.10 bits per heavy atom. The minimum atomic E-state index is -0.479. The number of halogens is 2. The predicted octanol–water partition coefficient (Wildman–Crippen LogP) is 3.99. The lowest BCUT2D eigenvalue weighted by molar-refractivity contribution is -0.130. The molecule has 1 aromatic heterocycles. The summed E-state index contributed by atoms with van der Waals surface area (Å²) in [7, 11) is 0. The summed E-state index contributed by atoms with van der Waals surface area (Å²) >= 11 is 6.05. The summed E-state index contributed by atoms with van der Waals surface area (Å²) in [5.41, 5.74) is 6.52. The zero-order valence-corrected chi connectivity index (χ0v) is 17.3. The van der Waals surface area contributed by atoms with Gasteiger partial charge in [-0.05, 0) is 53.4 Å². The number of amides is 1. The first-order valence-electron chi connectivity index (χ1n) is 10.2. The molecule has 0 bridgehead atoms. The Labute approximate surface area is 184 Å². The van der Waals surface area contributed by atoms with Crippen molar-refractivity contribution in [3.8, 4) is 0 Å². The molecule has 2 aliphatic rings. The maximum atomic E-state index is 14.1. The first kappa shape index (κ1) is 19.7. The van der Waals surface area contributed by atoms with E-state index >= 15 is 0 Å². The fraction of sp³-hybridized carbons (Fsp3) is 0.208. The molecule has 2 aliphatic heterocycles. The van der Waals surface area contributed by atoms with Gasteiger partial charge in [-0.25, -0.2) is 4.39 Å². The second kappa shape index (κ2) is 8.12. The van der Waals surface area contributed by atoms with Crippen molar-refractivity contribution in [1.29, 1.82) is 0 Å². The molecule has 31 heavy (non-hydrogen) atoms. The van der Waals surface area contributed by atoms with E-state index in [1.54, 1.807) is 30.6 Å². The SMILES string of the molecule is O=C1C2NN=C(c3ccc(Cl)cc3)C2C(c2cccc(F)c2)N1CCc1cccnc1. The molecule has 0 saturated carbocycles. The molecule has 1 amide bonds. The van der Waals surface area contributed by atoms with Gasteiger partial charge in [-0.1, -0.05) is 41.9 Å². The number of benzene rings is 2. The lowest BCUT2D eigenvalue weighted by Crippen LogP contribution is -2.36. The number of aromatic nitrogens is 1. The van der Waals surface area contributed by atoms with Gasteiger partial charge in [0, 0.05) is 24.0 Å². The van der Waals surface area contributed by atoms with Crippen LogP contribution in [-0.4, -0.2) is 34.1 Å². The first-order valence-corrected chi connectivity index (χ1v) is 10.5. The van der Waals surface area contributed by atoms with Gasteiger partial charge < -0.3 is 4.90 Å². The number of likely N-dealkylation sites (tertiary alicyclic amines) is 1. The zero-order chi connectivity index (χ0) is 21.4. The lowest BCUT2D eigenvalue weighted by atomic mass is 9.85. The number of fused-ring (bicyclic) bond motifs is 1. The van der Waals surface area contributed by atoms with E-state index in [1.807, 2.05) is 35.2 Å². The Hall–Kier alpha value is -3.25. The molecule has 1 N–H and O–H groups in total. The standard InChI is InChI=1S/C24H20ClFN4O/c25-18-8-6-16(7-9-18)21-20-22(29-28-21)24(31)30(12-10-15-3-2-11-27-14-15)23(20)17-4-1-5-19(26)13-17/h1-9,11,13-14,20,22-23,29H,10,12H2. The number of hydrogen-bond acceptors (Lipinski definition) is 4. The van der Waals surface area contributed by atoms with Crippen molar-refractivity contribution < 1.29 is 9.18 Å². The highest BCUT2D eigenvalue weighted by Crippen LogP contribution is 2.43. The molecule has 7 heteroatoms. The molecule has 3 atom stereocenters. The highest BCUT2D eigenvalue weighted by molar-refractivity contribution is 6.30. The van der Waals surface area contributed by atoms with E-state index in [0.29, 0.717) is 18.0 Å². The van der Waals surface area contributed by atoms with Gasteiger partial charge in [0.15, 0.2) is 0 Å². The maximum Gasteiger partial charge on any atom is 0.248 e. The van der Waals surface area contributed by atoms with Crippen LogP contribution < -0.4 is 5.43 Å². The second-order valence-electron chi connectivity index (χ2n) is 7.78. The highest BCUT2D eigenvalue weighted by atomic mass is 35.5. The van der Waals surface area contributed by atoms with Crippen molar-refractivity contribution in [1.82, 2.24) is 15.3 Å². The summed E-state index contributed by atoms with van der Waals surface area (Å²) < 4.78 is 14.1. The summed E-state index contributed by atoms with van der Waals surface area (Å²) in [6, 6.07) is 17.0. The van der Waals surface area contributed by atoms with Crippen LogP contribution in [0.3, 0.4) is 0 Å². The van der Waals surface area contributed by atoms with Gasteiger partial charge in [-0.2, -0.15) is 5.10 Å². The average Bonchev–Trinajstić information content (AvgIpc) is 3.32. The van der Waals surface area contributed by atoms with Gasteiger partial charge in [-0.15, -0.1) is 0 Å². The molecular weight excluding hydrogens is 415 g/mol. The topological polar surface area (TPSA) is 57.6 Å². The molecule has 0 spiro atoms. The minimum absolute atomic E-state index is 0.0316. The number of pyridine rings is 1. The van der Waals surface area contributed by atoms with Gasteiger partial charge >= 0.3 is 0 Å². The van der Waals surface area contributed by atoms with Crippen LogP contribution in [0.25, 0.3) is 0 Å². The molecule has 1 saturated heterocycles. The average molecular weight is 435 g/mol. The van der Waals surface area contributed by atoms with E-state index in [1.165, 1.54) is 12.1 Å². The van der Waals surface area contributed by atoms with Crippen LogP contribution in [0.1, 0.15) is 22.7 Å². The fourth-order valence-electron chi connectivity index (χ4n) is 4.50. The van der Waals surface area contributed by atoms with Crippen molar-refractivity contribution in [2.75, 3.05) is 6.54 Å². The van der Waals surface area contributed by atoms with Gasteiger partial charge in [-0.3, -0.25) is 15.2 Å². The molecular formula is C24H20ClFN4O. The molecule has 3 aromatic rings. The van der Waals surface area contributed by atoms with Gasteiger partial charge in [0.05, 0.1) is 17.7 Å². The molecule has 1 fully saturated rings. The number of carbonyl (C=O) groups is 1. The second-order valence-corrected chi connectivity index (χ2v) is 8.22. The number of carbonyl (C=O) groups excluding carboxylic acids is 1. The third kappa shape index (κ3) is 3.68. The molecule has 3 unspecified atom stereocenters. The predicted molar refractivity (Wildman–Crippen MR) is 117 cm³/mol. The summed E-state index contributed by atoms with van der Waals surface area (Å²) in [6.07, 6.45) is 4.19. The molecule has 2 aromatic carbocycles. The van der Waals surface area contributed by atoms with E-state index in [9.17, 15) is 9.18 Å². The largest absolute Gasteiger partial charge is 0.333 e. The van der Waals surface area contributed by atoms with Crippen LogP contribution in [0.15, 0.2) is 78.2 Å². The van der Waals surface area contributed by atoms with Gasteiger partial charge in [0.1, 0.15) is 11.9 Å². The summed E-state index contributed by atoms with van der Waals surface area (Å²) in [6.45, 7) is 0.508. The Morgan fingerprint density at radius 3 is 2.68 bits per heavy atom. The number of rotatable bonds is 5. The smallest absolute Gasteiger partial charge is 0.248 e. The first-order chi connectivity index (χ1) is 15.1. The minimum Gasteiger partial charge on any atom is -0.333 e. The Morgan fingerprint density at radius 2 is 1.94 bits per heavy atom. The molecule has 156 valence electrons. The van der Waals surface area contributed by atoms with Crippen molar-refractivity contribution in [2.24, 2.45) is 11.0 Å². The third-order valence-electron chi connectivity index (χ3n) is 5.92. The van der Waals surface area contributed by atoms with E-state index in [-0.39, 0.29) is 23.7 Å². The van der Waals surface area contributed by atoms with Gasteiger partial charge in [0.2, 0.25) is 5.91 Å². The normalized spacial score (nSPS) is 22.3. The highest BCUT2D eigenvalue weighted by Gasteiger charge is 2.53. The lowest BCUT2D eigenvalue weighted by Gasteiger charge is -2.28. The number of nitrogens with one attached hydrogen (secondary N) is 1. The van der Waals surface area contributed by atoms with Crippen LogP contribution in [0.4, 0.5) is 4.39 Å². The van der Waals surface area contributed by atoms with E-state index in [0.717, 1.165) is 22.4 Å². The van der Waals surface area contributed by atoms with Crippen LogP contribution in [0.2, 0.25) is 5.02 Å². The molecule has 5 nitrogen and oxygen atoms in total. The number of hydrogen-bond donors (Lipinski definition) is 1. The zero-order valence-electron chi connectivity index (χ0n) is 16.6. The summed E-state index contributed by atoms with van der Waals surface area (Å²) in [4.78, 5) is 19.4. The molecule has 3 heterocycles. The van der Waals surface area contributed by atoms with E-state index < -0.39 is 6.04 Å². The Balaban J connectivity index is 1.52. The Bertz CT molecular complexity index is 1140. The third-order valence-corrected chi connectivity index (χ3v) is 6.17. The monoisotopic (exact) mass is 434 g/mol. The number of hydrazone groups is 1. The van der Waals surface area contributed by atoms with Crippen LogP contribution in [0.5, 0.6) is 0 Å². The van der Waals surface area contributed by atoms with Crippen molar-refractivity contribution in [3.63, 3.8) is 0 Å². The number of nitrogens with zero attached hydrogens (tertiary/aromatic N) is 3. The molecule has 5 rings (SSSR count). The fourth-order valence-corrected chi connectivity index (χ4v) is 4.63. The summed E-state index contributed by atoms with van der Waals surface area (Å²) in [5, 5.41) is 5.13. The van der Waals surface area contributed by atoms with Crippen LogP contribution >= 0.6 is 11.6 Å². The maximum absolute atomic E-state index is 14.1. The molecule has 0 aliphatic carbocycles. The van der Waals surface area contributed by atoms with E-state index in [2.05, 4.69) is 15.5 Å². The van der Waals surface area contributed by atoms with Crippen molar-refractivity contribution in [2.45, 2.75) is 18.5 Å². The van der Waals surface area contributed by atoms with Crippen LogP contribution in [-0.2, 0) is 11.2 Å². The Kier molecular flexibility index (Phi) is 5.16. The van der Waals surface area contributed by atoms with E-state index in [4.69, 9.17) is 11.6 Å². The molecule has 0 radical (unpaired) electrons. The summed E-state index contributed by atoms with van der Waals surface area (Å²) in [5.74, 6) is -0.586. The quantitative estimate of drug-likeness (QED) is 0.660. The van der Waals surface area contributed by atoms with Crippen LogP contribution in [0, 0.1) is 11.7 Å². The van der Waals surface area contributed by atoms with Crippen molar-refractivity contribution >= 4 is 23.2 Å².